The van der Waals surface area contributed by atoms with E-state index in [0.29, 0.717) is 25.3 Å². The molecule has 0 spiro atoms. The van der Waals surface area contributed by atoms with E-state index in [1.807, 2.05) is 6.07 Å². The number of sulfonamides is 1. The number of carbonyl (C=O) groups excluding carboxylic acids is 1. The van der Waals surface area contributed by atoms with Crippen LogP contribution in [0.3, 0.4) is 0 Å². The molecule has 8 nitrogen and oxygen atoms in total. The first-order chi connectivity index (χ1) is 12.5. The minimum Gasteiger partial charge on any atom is -0.448 e. The Morgan fingerprint density at radius 1 is 1.27 bits per heavy atom. The second-order valence-electron chi connectivity index (χ2n) is 6.24. The van der Waals surface area contributed by atoms with E-state index in [2.05, 4.69) is 0 Å². The topological polar surface area (TPSA) is 99.9 Å². The minimum absolute atomic E-state index is 0.124. The minimum atomic E-state index is -3.76. The molecular formula is C17H21N3O5S. The summed E-state index contributed by atoms with van der Waals surface area (Å²) in [6.07, 6.45) is 1.16. The molecule has 1 aromatic carbocycles. The van der Waals surface area contributed by atoms with E-state index in [4.69, 9.17) is 14.7 Å². The lowest BCUT2D eigenvalue weighted by molar-refractivity contribution is 0.0922. The molecular weight excluding hydrogens is 358 g/mol. The number of nitrogens with zero attached hydrogens (tertiary/aromatic N) is 3. The Balaban J connectivity index is 1.77. The lowest BCUT2D eigenvalue weighted by atomic mass is 10.2. The van der Waals surface area contributed by atoms with Crippen molar-refractivity contribution >= 4 is 16.1 Å². The van der Waals surface area contributed by atoms with Gasteiger partial charge in [0, 0.05) is 26.2 Å². The first-order valence-electron chi connectivity index (χ1n) is 8.54. The third kappa shape index (κ3) is 4.15. The molecule has 2 aliphatic rings. The highest BCUT2D eigenvalue weighted by molar-refractivity contribution is 7.89. The molecule has 9 heteroatoms. The fourth-order valence-corrected chi connectivity index (χ4v) is 4.50. The lowest BCUT2D eigenvalue weighted by Crippen LogP contribution is -2.42. The summed E-state index contributed by atoms with van der Waals surface area (Å²) in [5.74, 6) is 0. The Bertz CT molecular complexity index is 782. The quantitative estimate of drug-likeness (QED) is 0.705. The number of benzene rings is 1. The van der Waals surface area contributed by atoms with Gasteiger partial charge in [-0.1, -0.05) is 0 Å². The van der Waals surface area contributed by atoms with Crippen LogP contribution in [0, 0.1) is 11.3 Å². The zero-order valence-corrected chi connectivity index (χ0v) is 15.2. The highest BCUT2D eigenvalue weighted by Crippen LogP contribution is 2.21. The maximum absolute atomic E-state index is 13.1. The Hall–Kier alpha value is -2.15. The average molecular weight is 379 g/mol. The summed E-state index contributed by atoms with van der Waals surface area (Å²) in [6, 6.07) is 7.80. The van der Waals surface area contributed by atoms with Crippen LogP contribution in [-0.4, -0.2) is 69.2 Å². The van der Waals surface area contributed by atoms with Gasteiger partial charge >= 0.3 is 6.09 Å². The number of hydrogen-bond acceptors (Lipinski definition) is 6. The van der Waals surface area contributed by atoms with E-state index >= 15 is 0 Å². The van der Waals surface area contributed by atoms with E-state index in [-0.39, 0.29) is 30.6 Å². The monoisotopic (exact) mass is 379 g/mol. The zero-order chi connectivity index (χ0) is 18.6. The molecule has 1 atom stereocenters. The zero-order valence-electron chi connectivity index (χ0n) is 14.3. The van der Waals surface area contributed by atoms with Gasteiger partial charge in [-0.25, -0.2) is 13.2 Å². The number of ether oxygens (including phenoxy) is 2. The van der Waals surface area contributed by atoms with Crippen LogP contribution in [0.25, 0.3) is 0 Å². The smallest absolute Gasteiger partial charge is 0.409 e. The van der Waals surface area contributed by atoms with Crippen molar-refractivity contribution in [3.8, 4) is 6.07 Å². The van der Waals surface area contributed by atoms with Crippen molar-refractivity contribution in [3.63, 3.8) is 0 Å². The van der Waals surface area contributed by atoms with E-state index in [9.17, 15) is 13.2 Å². The summed E-state index contributed by atoms with van der Waals surface area (Å²) in [6.45, 7) is 2.09. The summed E-state index contributed by atoms with van der Waals surface area (Å²) in [5, 5.41) is 8.88. The predicted molar refractivity (Wildman–Crippen MR) is 91.8 cm³/mol. The van der Waals surface area contributed by atoms with Crippen molar-refractivity contribution in [3.05, 3.63) is 29.8 Å². The Morgan fingerprint density at radius 3 is 2.62 bits per heavy atom. The molecule has 1 amide bonds. The summed E-state index contributed by atoms with van der Waals surface area (Å²) >= 11 is 0. The first-order valence-corrected chi connectivity index (χ1v) is 9.98. The van der Waals surface area contributed by atoms with Crippen LogP contribution in [0.4, 0.5) is 4.79 Å². The van der Waals surface area contributed by atoms with Crippen LogP contribution < -0.4 is 0 Å². The molecule has 2 saturated heterocycles. The normalized spacial score (nSPS) is 20.4. The Labute approximate surface area is 152 Å². The number of amides is 1. The highest BCUT2D eigenvalue weighted by Gasteiger charge is 2.31. The van der Waals surface area contributed by atoms with E-state index in [1.54, 1.807) is 0 Å². The largest absolute Gasteiger partial charge is 0.448 e. The van der Waals surface area contributed by atoms with Gasteiger partial charge in [-0.2, -0.15) is 9.57 Å². The molecule has 3 rings (SSSR count). The van der Waals surface area contributed by atoms with Gasteiger partial charge in [0.05, 0.1) is 29.2 Å². The van der Waals surface area contributed by atoms with Gasteiger partial charge in [-0.3, -0.25) is 0 Å². The molecule has 0 saturated carbocycles. The van der Waals surface area contributed by atoms with Gasteiger partial charge < -0.3 is 14.4 Å². The molecule has 0 radical (unpaired) electrons. The summed E-state index contributed by atoms with van der Waals surface area (Å²) in [7, 11) is -3.76. The number of rotatable bonds is 7. The lowest BCUT2D eigenvalue weighted by Gasteiger charge is -2.26. The van der Waals surface area contributed by atoms with Crippen LogP contribution in [0.2, 0.25) is 0 Å². The van der Waals surface area contributed by atoms with Crippen LogP contribution in [0.1, 0.15) is 18.4 Å². The third-order valence-electron chi connectivity index (χ3n) is 4.52. The molecule has 0 N–H and O–H groups in total. The molecule has 1 unspecified atom stereocenters. The van der Waals surface area contributed by atoms with Gasteiger partial charge in [0.25, 0.3) is 0 Å². The SMILES string of the molecule is N#Cc1ccc(S(=O)(=O)N(CCN2CCOC2=O)CC2CCCO2)cc1. The predicted octanol–water partition coefficient (Wildman–Crippen LogP) is 1.18. The van der Waals surface area contributed by atoms with Crippen molar-refractivity contribution in [2.45, 2.75) is 23.8 Å². The molecule has 2 fully saturated rings. The fraction of sp³-hybridized carbons (Fsp3) is 0.529. The second kappa shape index (κ2) is 8.03. The number of cyclic esters (lactones) is 1. The average Bonchev–Trinajstić information content (AvgIpc) is 3.30. The number of carbonyl (C=O) groups is 1. The number of hydrogen-bond donors (Lipinski definition) is 0. The van der Waals surface area contributed by atoms with Crippen molar-refractivity contribution in [1.29, 1.82) is 5.26 Å². The molecule has 2 aliphatic heterocycles. The Morgan fingerprint density at radius 2 is 2.04 bits per heavy atom. The standard InChI is InChI=1S/C17H21N3O5S/c18-12-14-3-5-16(6-4-14)26(22,23)20(13-15-2-1-10-24-15)8-7-19-9-11-25-17(19)21/h3-6,15H,1-2,7-11,13H2. The van der Waals surface area contributed by atoms with Crippen molar-refractivity contribution in [2.24, 2.45) is 0 Å². The van der Waals surface area contributed by atoms with Crippen LogP contribution in [-0.2, 0) is 19.5 Å². The van der Waals surface area contributed by atoms with Gasteiger partial charge in [-0.05, 0) is 37.1 Å². The number of nitriles is 1. The summed E-state index contributed by atoms with van der Waals surface area (Å²) in [4.78, 5) is 13.2. The van der Waals surface area contributed by atoms with E-state index in [0.717, 1.165) is 12.8 Å². The molecule has 0 aromatic heterocycles. The molecule has 1 aromatic rings. The first kappa shape index (κ1) is 18.6. The van der Waals surface area contributed by atoms with Gasteiger partial charge in [-0.15, -0.1) is 0 Å². The van der Waals surface area contributed by atoms with E-state index in [1.165, 1.54) is 33.5 Å². The summed E-state index contributed by atoms with van der Waals surface area (Å²) < 4.78 is 38.0. The Kier molecular flexibility index (Phi) is 5.76. The van der Waals surface area contributed by atoms with Crippen LogP contribution in [0.5, 0.6) is 0 Å². The highest BCUT2D eigenvalue weighted by atomic mass is 32.2. The van der Waals surface area contributed by atoms with Crippen molar-refractivity contribution < 1.29 is 22.7 Å². The van der Waals surface area contributed by atoms with Crippen LogP contribution >= 0.6 is 0 Å². The molecule has 2 heterocycles. The third-order valence-corrected chi connectivity index (χ3v) is 6.40. The molecule has 140 valence electrons. The van der Waals surface area contributed by atoms with Gasteiger partial charge in [0.2, 0.25) is 10.0 Å². The van der Waals surface area contributed by atoms with Gasteiger partial charge in [0.1, 0.15) is 6.61 Å². The van der Waals surface area contributed by atoms with Gasteiger partial charge in [0.15, 0.2) is 0 Å². The molecule has 0 bridgehead atoms. The van der Waals surface area contributed by atoms with Crippen molar-refractivity contribution in [2.75, 3.05) is 39.4 Å². The summed E-state index contributed by atoms with van der Waals surface area (Å²) in [5.41, 5.74) is 0.398. The second-order valence-corrected chi connectivity index (χ2v) is 8.17. The van der Waals surface area contributed by atoms with Crippen LogP contribution in [0.15, 0.2) is 29.2 Å². The van der Waals surface area contributed by atoms with Crippen molar-refractivity contribution in [1.82, 2.24) is 9.21 Å². The molecule has 26 heavy (non-hydrogen) atoms. The maximum Gasteiger partial charge on any atom is 0.409 e. The molecule has 0 aliphatic carbocycles. The maximum atomic E-state index is 13.1. The van der Waals surface area contributed by atoms with E-state index < -0.39 is 16.1 Å². The fourth-order valence-electron chi connectivity index (χ4n) is 3.04.